The van der Waals surface area contributed by atoms with Gasteiger partial charge in [0.15, 0.2) is 12.7 Å². The van der Waals surface area contributed by atoms with Crippen LogP contribution in [0.4, 0.5) is 0 Å². The van der Waals surface area contributed by atoms with Crippen LogP contribution in [-0.2, 0) is 22.5 Å². The van der Waals surface area contributed by atoms with Crippen molar-refractivity contribution in [2.45, 2.75) is 45.1 Å². The number of hydrogen-bond acceptors (Lipinski definition) is 4. The molecule has 4 rings (SSSR count). The Hall–Kier alpha value is -3.60. The van der Waals surface area contributed by atoms with E-state index in [9.17, 15) is 4.79 Å². The van der Waals surface area contributed by atoms with Crippen molar-refractivity contribution in [1.29, 1.82) is 0 Å². The van der Waals surface area contributed by atoms with E-state index in [2.05, 4.69) is 42.4 Å². The van der Waals surface area contributed by atoms with Gasteiger partial charge in [0.25, 0.3) is 0 Å². The van der Waals surface area contributed by atoms with Gasteiger partial charge in [0, 0.05) is 0 Å². The largest absolute Gasteiger partial charge is 0.482 e. The molecule has 5 nitrogen and oxygen atoms in total. The highest BCUT2D eigenvalue weighted by Gasteiger charge is 2.23. The van der Waals surface area contributed by atoms with Gasteiger partial charge in [-0.25, -0.2) is 4.79 Å². The predicted octanol–water partition coefficient (Wildman–Crippen LogP) is 6.22. The van der Waals surface area contributed by atoms with Gasteiger partial charge >= 0.3 is 5.97 Å². The Kier molecular flexibility index (Phi) is 7.97. The fourth-order valence-electron chi connectivity index (χ4n) is 4.57. The second kappa shape index (κ2) is 11.5. The van der Waals surface area contributed by atoms with Gasteiger partial charge in [0.1, 0.15) is 5.75 Å². The Morgan fingerprint density at radius 3 is 2.29 bits per heavy atom. The van der Waals surface area contributed by atoms with E-state index in [0.29, 0.717) is 11.7 Å². The molecule has 0 saturated carbocycles. The minimum atomic E-state index is -0.959. The summed E-state index contributed by atoms with van der Waals surface area (Å²) in [6, 6.07) is 26.3. The average molecular weight is 458 g/mol. The molecule has 0 saturated heterocycles. The smallest absolute Gasteiger partial charge is 0.341 e. The van der Waals surface area contributed by atoms with E-state index in [1.165, 1.54) is 5.56 Å². The normalized spacial score (nSPS) is 15.6. The van der Waals surface area contributed by atoms with Crippen molar-refractivity contribution in [3.8, 4) is 5.75 Å². The van der Waals surface area contributed by atoms with Crippen LogP contribution in [0.3, 0.4) is 0 Å². The maximum Gasteiger partial charge on any atom is 0.341 e. The van der Waals surface area contributed by atoms with Crippen LogP contribution in [0.5, 0.6) is 5.75 Å². The number of benzene rings is 3. The molecule has 0 bridgehead atoms. The van der Waals surface area contributed by atoms with Crippen molar-refractivity contribution in [2.75, 3.05) is 6.61 Å². The minimum absolute atomic E-state index is 0.245. The lowest BCUT2D eigenvalue weighted by molar-refractivity contribution is -0.139. The maximum atomic E-state index is 10.9. The molecule has 1 atom stereocenters. The lowest BCUT2D eigenvalue weighted by Crippen LogP contribution is -2.19. The molecule has 0 aromatic heterocycles. The summed E-state index contributed by atoms with van der Waals surface area (Å²) in [4.78, 5) is 17.1. The fourth-order valence-corrected chi connectivity index (χ4v) is 4.57. The Bertz CT molecular complexity index is 1070. The third-order valence-electron chi connectivity index (χ3n) is 6.32. The number of oxime groups is 1. The van der Waals surface area contributed by atoms with Crippen molar-refractivity contribution < 1.29 is 19.5 Å². The SMILES string of the molecule is CC/C(CC1CCc2c(cccc2OCC(=O)O)C1)=N\OC(c1ccccc1)c1ccccc1. The third kappa shape index (κ3) is 6.04. The van der Waals surface area contributed by atoms with Crippen LogP contribution in [-0.4, -0.2) is 23.4 Å². The molecular formula is C29H31NO4. The summed E-state index contributed by atoms with van der Waals surface area (Å²) in [5.41, 5.74) is 5.59. The first-order valence-electron chi connectivity index (χ1n) is 11.9. The monoisotopic (exact) mass is 457 g/mol. The number of aliphatic carboxylic acids is 1. The third-order valence-corrected chi connectivity index (χ3v) is 6.32. The van der Waals surface area contributed by atoms with E-state index in [1.54, 1.807) is 0 Å². The molecule has 3 aromatic carbocycles. The molecule has 0 heterocycles. The lowest BCUT2D eigenvalue weighted by atomic mass is 9.80. The van der Waals surface area contributed by atoms with Crippen LogP contribution in [0.2, 0.25) is 0 Å². The molecule has 0 aliphatic heterocycles. The highest BCUT2D eigenvalue weighted by Crippen LogP contribution is 2.34. The predicted molar refractivity (Wildman–Crippen MR) is 133 cm³/mol. The average Bonchev–Trinajstić information content (AvgIpc) is 2.88. The summed E-state index contributed by atoms with van der Waals surface area (Å²) in [7, 11) is 0. The molecule has 1 aliphatic rings. The second-order valence-electron chi connectivity index (χ2n) is 8.71. The molecule has 3 aromatic rings. The zero-order chi connectivity index (χ0) is 23.8. The van der Waals surface area contributed by atoms with E-state index in [0.717, 1.165) is 54.5 Å². The molecular weight excluding hydrogens is 426 g/mol. The summed E-state index contributed by atoms with van der Waals surface area (Å²) in [5.74, 6) is 0.204. The molecule has 0 fully saturated rings. The zero-order valence-corrected chi connectivity index (χ0v) is 19.5. The minimum Gasteiger partial charge on any atom is -0.482 e. The molecule has 0 spiro atoms. The highest BCUT2D eigenvalue weighted by molar-refractivity contribution is 5.84. The molecule has 1 N–H and O–H groups in total. The number of ether oxygens (including phenoxy) is 1. The van der Waals surface area contributed by atoms with E-state index in [-0.39, 0.29) is 12.7 Å². The summed E-state index contributed by atoms with van der Waals surface area (Å²) in [5, 5.41) is 13.6. The van der Waals surface area contributed by atoms with Crippen LogP contribution in [0.1, 0.15) is 54.5 Å². The van der Waals surface area contributed by atoms with Crippen LogP contribution >= 0.6 is 0 Å². The Morgan fingerprint density at radius 1 is 1.00 bits per heavy atom. The van der Waals surface area contributed by atoms with E-state index < -0.39 is 5.97 Å². The number of carboxylic acids is 1. The first kappa shape index (κ1) is 23.6. The summed E-state index contributed by atoms with van der Waals surface area (Å²) in [6.45, 7) is 1.81. The molecule has 5 heteroatoms. The molecule has 34 heavy (non-hydrogen) atoms. The van der Waals surface area contributed by atoms with Gasteiger partial charge in [0.2, 0.25) is 0 Å². The number of nitrogens with zero attached hydrogens (tertiary/aromatic N) is 1. The first-order chi connectivity index (χ1) is 16.6. The highest BCUT2D eigenvalue weighted by atomic mass is 16.6. The van der Waals surface area contributed by atoms with Gasteiger partial charge in [-0.15, -0.1) is 0 Å². The summed E-state index contributed by atoms with van der Waals surface area (Å²) >= 11 is 0. The van der Waals surface area contributed by atoms with Gasteiger partial charge in [-0.05, 0) is 66.3 Å². The maximum absolute atomic E-state index is 10.9. The van der Waals surface area contributed by atoms with E-state index >= 15 is 0 Å². The Labute approximate surface area is 201 Å². The van der Waals surface area contributed by atoms with Gasteiger partial charge in [-0.2, -0.15) is 0 Å². The first-order valence-corrected chi connectivity index (χ1v) is 11.9. The van der Waals surface area contributed by atoms with Crippen molar-refractivity contribution in [3.05, 3.63) is 101 Å². The topological polar surface area (TPSA) is 68.1 Å². The molecule has 0 amide bonds. The van der Waals surface area contributed by atoms with Gasteiger partial charge in [0.05, 0.1) is 5.71 Å². The molecule has 176 valence electrons. The number of hydrogen-bond donors (Lipinski definition) is 1. The number of carbonyl (C=O) groups is 1. The quantitative estimate of drug-likeness (QED) is 0.290. The summed E-state index contributed by atoms with van der Waals surface area (Å²) in [6.07, 6.45) is 4.29. The lowest BCUT2D eigenvalue weighted by Gasteiger charge is -2.26. The van der Waals surface area contributed by atoms with E-state index in [4.69, 9.17) is 14.7 Å². The van der Waals surface area contributed by atoms with Gasteiger partial charge in [-0.3, -0.25) is 0 Å². The Morgan fingerprint density at radius 2 is 1.68 bits per heavy atom. The van der Waals surface area contributed by atoms with Crippen molar-refractivity contribution in [1.82, 2.24) is 0 Å². The van der Waals surface area contributed by atoms with Crippen molar-refractivity contribution in [2.24, 2.45) is 11.1 Å². The van der Waals surface area contributed by atoms with Crippen LogP contribution in [0, 0.1) is 5.92 Å². The van der Waals surface area contributed by atoms with Crippen LogP contribution < -0.4 is 4.74 Å². The number of rotatable bonds is 10. The van der Waals surface area contributed by atoms with E-state index in [1.807, 2.05) is 48.5 Å². The molecule has 1 aliphatic carbocycles. The van der Waals surface area contributed by atoms with Crippen molar-refractivity contribution >= 4 is 11.7 Å². The number of fused-ring (bicyclic) bond motifs is 1. The standard InChI is InChI=1S/C29H31NO4/c1-2-25(30-34-29(22-10-5-3-6-11-22)23-12-7-4-8-13-23)19-21-16-17-26-24(18-21)14-9-15-27(26)33-20-28(31)32/h3-15,21,29H,2,16-20H2,1H3,(H,31,32)/b30-25+. The molecule has 1 unspecified atom stereocenters. The van der Waals surface area contributed by atoms with Crippen molar-refractivity contribution in [3.63, 3.8) is 0 Å². The van der Waals surface area contributed by atoms with Gasteiger partial charge < -0.3 is 14.7 Å². The molecule has 0 radical (unpaired) electrons. The number of carboxylic acid groups (broad SMARTS) is 1. The summed E-state index contributed by atoms with van der Waals surface area (Å²) < 4.78 is 5.51. The Balaban J connectivity index is 1.45. The van der Waals surface area contributed by atoms with Crippen LogP contribution in [0.25, 0.3) is 0 Å². The zero-order valence-electron chi connectivity index (χ0n) is 19.5. The fraction of sp³-hybridized carbons (Fsp3) is 0.310. The van der Waals surface area contributed by atoms with Crippen LogP contribution in [0.15, 0.2) is 84.0 Å². The van der Waals surface area contributed by atoms with Gasteiger partial charge in [-0.1, -0.05) is 84.9 Å². The second-order valence-corrected chi connectivity index (χ2v) is 8.71.